The van der Waals surface area contributed by atoms with E-state index in [0.29, 0.717) is 12.1 Å². The van der Waals surface area contributed by atoms with Crippen LogP contribution in [0.2, 0.25) is 0 Å². The van der Waals surface area contributed by atoms with Crippen LogP contribution in [0.1, 0.15) is 36.0 Å². The number of carbonyl (C=O) groups excluding carboxylic acids is 1. The zero-order chi connectivity index (χ0) is 13.0. The molecule has 1 aliphatic rings. The molecule has 1 amide bonds. The normalized spacial score (nSPS) is 17.6. The third-order valence-electron chi connectivity index (χ3n) is 3.59. The van der Waals surface area contributed by atoms with Gasteiger partial charge in [0, 0.05) is 18.0 Å². The van der Waals surface area contributed by atoms with Crippen molar-refractivity contribution in [2.45, 2.75) is 25.7 Å². The van der Waals surface area contributed by atoms with Crippen molar-refractivity contribution in [1.82, 2.24) is 5.32 Å². The molecule has 1 aromatic heterocycles. The van der Waals surface area contributed by atoms with E-state index >= 15 is 0 Å². The van der Waals surface area contributed by atoms with Crippen LogP contribution in [0.15, 0.2) is 27.6 Å². The predicted octanol–water partition coefficient (Wildman–Crippen LogP) is 0.922. The van der Waals surface area contributed by atoms with Gasteiger partial charge in [-0.15, -0.1) is 0 Å². The van der Waals surface area contributed by atoms with E-state index in [4.69, 9.17) is 0 Å². The van der Waals surface area contributed by atoms with Crippen LogP contribution >= 0.6 is 0 Å². The Balaban J connectivity index is 1.95. The molecule has 0 unspecified atom stereocenters. The second kappa shape index (κ2) is 5.35. The van der Waals surface area contributed by atoms with Crippen molar-refractivity contribution in [2.24, 2.45) is 5.41 Å². The first-order valence-corrected chi connectivity index (χ1v) is 6.13. The fourth-order valence-corrected chi connectivity index (χ4v) is 2.37. The maximum atomic E-state index is 11.8. The molecule has 2 rings (SSSR count). The zero-order valence-electron chi connectivity index (χ0n) is 10.1. The quantitative estimate of drug-likeness (QED) is 0.834. The Hall–Kier alpha value is -1.62. The standard InChI is InChI=1S/C13H17NO4/c15-9-13(5-1-2-6-13)8-14-12(17)10-3-4-11(16)18-7-10/h3-4,7,15H,1-2,5-6,8-9H2,(H,14,17). The summed E-state index contributed by atoms with van der Waals surface area (Å²) >= 11 is 0. The van der Waals surface area contributed by atoms with Gasteiger partial charge >= 0.3 is 5.63 Å². The Labute approximate surface area is 105 Å². The summed E-state index contributed by atoms with van der Waals surface area (Å²) in [5.74, 6) is -0.279. The summed E-state index contributed by atoms with van der Waals surface area (Å²) in [5, 5.41) is 12.2. The van der Waals surface area contributed by atoms with Gasteiger partial charge in [-0.2, -0.15) is 0 Å². The van der Waals surface area contributed by atoms with Gasteiger partial charge in [0.15, 0.2) is 0 Å². The molecule has 5 nitrogen and oxygen atoms in total. The van der Waals surface area contributed by atoms with E-state index in [2.05, 4.69) is 9.73 Å². The SMILES string of the molecule is O=C(NCC1(CO)CCCC1)c1ccc(=O)oc1. The molecule has 1 aliphatic carbocycles. The minimum absolute atomic E-state index is 0.0944. The van der Waals surface area contributed by atoms with Crippen molar-refractivity contribution < 1.29 is 14.3 Å². The summed E-state index contributed by atoms with van der Waals surface area (Å²) in [6, 6.07) is 2.65. The number of hydrogen-bond acceptors (Lipinski definition) is 4. The first kappa shape index (κ1) is 12.8. The number of aliphatic hydroxyl groups is 1. The molecule has 0 aromatic carbocycles. The Morgan fingerprint density at radius 1 is 1.39 bits per heavy atom. The average molecular weight is 251 g/mol. The molecular formula is C13H17NO4. The average Bonchev–Trinajstić information content (AvgIpc) is 2.86. The molecule has 1 heterocycles. The number of aliphatic hydroxyl groups excluding tert-OH is 1. The Morgan fingerprint density at radius 3 is 2.67 bits per heavy atom. The minimum atomic E-state index is -0.478. The number of carbonyl (C=O) groups is 1. The lowest BCUT2D eigenvalue weighted by atomic mass is 9.87. The van der Waals surface area contributed by atoms with Crippen LogP contribution in [0.25, 0.3) is 0 Å². The van der Waals surface area contributed by atoms with Gasteiger partial charge in [0.2, 0.25) is 0 Å². The monoisotopic (exact) mass is 251 g/mol. The van der Waals surface area contributed by atoms with E-state index in [1.165, 1.54) is 12.1 Å². The highest BCUT2D eigenvalue weighted by molar-refractivity contribution is 5.93. The van der Waals surface area contributed by atoms with Crippen LogP contribution in [-0.2, 0) is 0 Å². The van der Waals surface area contributed by atoms with Crippen molar-refractivity contribution in [3.63, 3.8) is 0 Å². The first-order chi connectivity index (χ1) is 8.65. The maximum absolute atomic E-state index is 11.8. The second-order valence-corrected chi connectivity index (χ2v) is 4.89. The molecule has 0 aliphatic heterocycles. The fraction of sp³-hybridized carbons (Fsp3) is 0.538. The van der Waals surface area contributed by atoms with E-state index in [1.807, 2.05) is 0 Å². The number of rotatable bonds is 4. The molecule has 0 spiro atoms. The minimum Gasteiger partial charge on any atom is -0.430 e. The molecule has 18 heavy (non-hydrogen) atoms. The molecule has 1 aromatic rings. The molecule has 2 N–H and O–H groups in total. The summed E-state index contributed by atoms with van der Waals surface area (Å²) in [5.41, 5.74) is -0.333. The Bertz CT molecular complexity index is 454. The second-order valence-electron chi connectivity index (χ2n) is 4.89. The van der Waals surface area contributed by atoms with Gasteiger partial charge in [-0.1, -0.05) is 12.8 Å². The Kier molecular flexibility index (Phi) is 3.81. The van der Waals surface area contributed by atoms with Crippen LogP contribution in [0.4, 0.5) is 0 Å². The molecule has 0 saturated heterocycles. The van der Waals surface area contributed by atoms with Gasteiger partial charge in [0.1, 0.15) is 6.26 Å². The summed E-state index contributed by atoms with van der Waals surface area (Å²) < 4.78 is 4.64. The molecule has 0 bridgehead atoms. The van der Waals surface area contributed by atoms with E-state index in [0.717, 1.165) is 31.9 Å². The molecule has 0 atom stereocenters. The highest BCUT2D eigenvalue weighted by atomic mass is 16.4. The van der Waals surface area contributed by atoms with Crippen molar-refractivity contribution in [3.8, 4) is 0 Å². The summed E-state index contributed by atoms with van der Waals surface area (Å²) in [6.45, 7) is 0.554. The summed E-state index contributed by atoms with van der Waals surface area (Å²) in [7, 11) is 0. The molecular weight excluding hydrogens is 234 g/mol. The van der Waals surface area contributed by atoms with Crippen molar-refractivity contribution >= 4 is 5.91 Å². The first-order valence-electron chi connectivity index (χ1n) is 6.13. The van der Waals surface area contributed by atoms with Gasteiger partial charge in [0.05, 0.1) is 12.2 Å². The molecule has 1 fully saturated rings. The maximum Gasteiger partial charge on any atom is 0.335 e. The molecule has 0 radical (unpaired) electrons. The third-order valence-corrected chi connectivity index (χ3v) is 3.59. The number of nitrogens with one attached hydrogen (secondary N) is 1. The smallest absolute Gasteiger partial charge is 0.335 e. The predicted molar refractivity (Wildman–Crippen MR) is 65.3 cm³/mol. The Morgan fingerprint density at radius 2 is 2.11 bits per heavy atom. The summed E-state index contributed by atoms with van der Waals surface area (Å²) in [4.78, 5) is 22.6. The van der Waals surface area contributed by atoms with Crippen molar-refractivity contribution in [3.05, 3.63) is 34.4 Å². The highest BCUT2D eigenvalue weighted by Gasteiger charge is 2.33. The van der Waals surface area contributed by atoms with E-state index in [9.17, 15) is 14.7 Å². The largest absolute Gasteiger partial charge is 0.430 e. The lowest BCUT2D eigenvalue weighted by Gasteiger charge is -2.26. The van der Waals surface area contributed by atoms with Gasteiger partial charge in [-0.3, -0.25) is 4.79 Å². The van der Waals surface area contributed by atoms with Gasteiger partial charge in [-0.25, -0.2) is 4.79 Å². The molecule has 5 heteroatoms. The van der Waals surface area contributed by atoms with Gasteiger partial charge in [-0.05, 0) is 18.9 Å². The van der Waals surface area contributed by atoms with E-state index in [-0.39, 0.29) is 17.9 Å². The van der Waals surface area contributed by atoms with E-state index < -0.39 is 5.63 Å². The number of hydrogen-bond donors (Lipinski definition) is 2. The fourth-order valence-electron chi connectivity index (χ4n) is 2.37. The lowest BCUT2D eigenvalue weighted by molar-refractivity contribution is 0.0878. The van der Waals surface area contributed by atoms with Crippen LogP contribution in [0.3, 0.4) is 0 Å². The lowest BCUT2D eigenvalue weighted by Crippen LogP contribution is -2.38. The van der Waals surface area contributed by atoms with Crippen LogP contribution in [0.5, 0.6) is 0 Å². The van der Waals surface area contributed by atoms with Crippen molar-refractivity contribution in [2.75, 3.05) is 13.2 Å². The highest BCUT2D eigenvalue weighted by Crippen LogP contribution is 2.36. The van der Waals surface area contributed by atoms with E-state index in [1.54, 1.807) is 0 Å². The topological polar surface area (TPSA) is 79.5 Å². The third kappa shape index (κ3) is 2.79. The van der Waals surface area contributed by atoms with Crippen LogP contribution in [-0.4, -0.2) is 24.2 Å². The van der Waals surface area contributed by atoms with Gasteiger partial charge < -0.3 is 14.8 Å². The van der Waals surface area contributed by atoms with Crippen LogP contribution in [0, 0.1) is 5.41 Å². The number of amides is 1. The molecule has 1 saturated carbocycles. The zero-order valence-corrected chi connectivity index (χ0v) is 10.1. The van der Waals surface area contributed by atoms with Crippen LogP contribution < -0.4 is 10.9 Å². The summed E-state index contributed by atoms with van der Waals surface area (Å²) in [6.07, 6.45) is 5.21. The van der Waals surface area contributed by atoms with Gasteiger partial charge in [0.25, 0.3) is 5.91 Å². The van der Waals surface area contributed by atoms with Crippen molar-refractivity contribution in [1.29, 1.82) is 0 Å². The molecule has 98 valence electrons.